The standard InChI is InChI=1S/C44H67N5O8/c1-5-55-39(51)30-46-23-18-36(19-24-46)56-37-20-25-47(26-21-37)42(53)40(31-11-7-6-8-12-31)45-41(52)33-14-9-13-32(27-33)34-15-10-22-48(28-34)38(50)29-49(35-16-17-35)43(54)57-44(2,3)4/h9,13-14,27,31,34-37,40H,5-8,10-12,15-26,28-30H2,1-4H3,(H,45,52)/t34?,40-/m1/s1. The molecule has 0 aromatic heterocycles. The number of rotatable bonds is 13. The third-order valence-electron chi connectivity index (χ3n) is 12.3. The molecule has 6 rings (SSSR count). The highest BCUT2D eigenvalue weighted by atomic mass is 16.6. The summed E-state index contributed by atoms with van der Waals surface area (Å²) in [5.41, 5.74) is 0.889. The maximum atomic E-state index is 14.2. The van der Waals surface area contributed by atoms with Crippen LogP contribution in [0.3, 0.4) is 0 Å². The number of ether oxygens (including phenoxy) is 3. The van der Waals surface area contributed by atoms with Gasteiger partial charge in [-0.15, -0.1) is 0 Å². The van der Waals surface area contributed by atoms with Crippen molar-refractivity contribution in [2.24, 2.45) is 5.92 Å². The van der Waals surface area contributed by atoms with Gasteiger partial charge in [-0.2, -0.15) is 0 Å². The van der Waals surface area contributed by atoms with Crippen LogP contribution in [0.15, 0.2) is 24.3 Å². The largest absolute Gasteiger partial charge is 0.465 e. The Labute approximate surface area is 339 Å². The van der Waals surface area contributed by atoms with Gasteiger partial charge < -0.3 is 29.3 Å². The summed E-state index contributed by atoms with van der Waals surface area (Å²) >= 11 is 0. The molecule has 13 nitrogen and oxygen atoms in total. The van der Waals surface area contributed by atoms with Crippen LogP contribution in [0.1, 0.15) is 133 Å². The van der Waals surface area contributed by atoms with Gasteiger partial charge in [0, 0.05) is 56.8 Å². The van der Waals surface area contributed by atoms with Crippen molar-refractivity contribution in [2.45, 2.75) is 147 Å². The van der Waals surface area contributed by atoms with Crippen LogP contribution in [0.5, 0.6) is 0 Å². The molecule has 1 N–H and O–H groups in total. The number of amides is 4. The number of carbonyl (C=O) groups is 5. The van der Waals surface area contributed by atoms with Crippen molar-refractivity contribution in [1.29, 1.82) is 0 Å². The van der Waals surface area contributed by atoms with Crippen LogP contribution < -0.4 is 5.32 Å². The van der Waals surface area contributed by atoms with Crippen molar-refractivity contribution in [1.82, 2.24) is 24.9 Å². The van der Waals surface area contributed by atoms with Gasteiger partial charge in [0.05, 0.1) is 25.4 Å². The molecular formula is C44H67N5O8. The molecule has 1 aromatic carbocycles. The van der Waals surface area contributed by atoms with E-state index < -0.39 is 17.7 Å². The molecule has 0 bridgehead atoms. The Kier molecular flexibility index (Phi) is 14.9. The Hall–Kier alpha value is -3.71. The highest BCUT2D eigenvalue weighted by Gasteiger charge is 2.39. The minimum Gasteiger partial charge on any atom is -0.465 e. The zero-order valence-corrected chi connectivity index (χ0v) is 34.9. The molecule has 2 atom stereocenters. The lowest BCUT2D eigenvalue weighted by molar-refractivity contribution is -0.146. The second kappa shape index (κ2) is 19.8. The Balaban J connectivity index is 1.02. The third kappa shape index (κ3) is 12.4. The van der Waals surface area contributed by atoms with Crippen molar-refractivity contribution in [3.05, 3.63) is 35.4 Å². The van der Waals surface area contributed by atoms with E-state index in [2.05, 4.69) is 10.2 Å². The van der Waals surface area contributed by atoms with E-state index in [1.165, 1.54) is 0 Å². The van der Waals surface area contributed by atoms with Gasteiger partial charge in [0.1, 0.15) is 18.2 Å². The quantitative estimate of drug-likeness (QED) is 0.257. The fourth-order valence-electron chi connectivity index (χ4n) is 9.05. The molecular weight excluding hydrogens is 727 g/mol. The number of hydrogen-bond acceptors (Lipinski definition) is 9. The van der Waals surface area contributed by atoms with Gasteiger partial charge in [-0.25, -0.2) is 4.79 Å². The summed E-state index contributed by atoms with van der Waals surface area (Å²) in [7, 11) is 0. The highest BCUT2D eigenvalue weighted by molar-refractivity contribution is 5.98. The SMILES string of the molecule is CCOC(=O)CN1CCC(OC2CCN(C(=O)[C@H](NC(=O)c3cccc(C4CCCN(C(=O)CN(C(=O)OC(C)(C)C)C5CC5)C4)c3)C3CCCCC3)CC2)CC1. The van der Waals surface area contributed by atoms with Crippen LogP contribution in [-0.4, -0.2) is 138 Å². The van der Waals surface area contributed by atoms with E-state index >= 15 is 0 Å². The van der Waals surface area contributed by atoms with E-state index in [1.54, 1.807) is 4.90 Å². The topological polar surface area (TPSA) is 138 Å². The normalized spacial score (nSPS) is 22.4. The van der Waals surface area contributed by atoms with E-state index in [4.69, 9.17) is 14.2 Å². The molecule has 0 spiro atoms. The van der Waals surface area contributed by atoms with Gasteiger partial charge in [0.2, 0.25) is 11.8 Å². The van der Waals surface area contributed by atoms with Gasteiger partial charge in [-0.05, 0) is 116 Å². The lowest BCUT2D eigenvalue weighted by atomic mass is 9.83. The number of nitrogens with one attached hydrogen (secondary N) is 1. The van der Waals surface area contributed by atoms with Gasteiger partial charge in [0.15, 0.2) is 0 Å². The first-order chi connectivity index (χ1) is 27.4. The molecule has 3 saturated heterocycles. The average molecular weight is 794 g/mol. The van der Waals surface area contributed by atoms with E-state index in [-0.39, 0.29) is 60.3 Å². The molecule has 0 radical (unpaired) electrons. The summed E-state index contributed by atoms with van der Waals surface area (Å²) in [5.74, 6) is -0.339. The van der Waals surface area contributed by atoms with Gasteiger partial charge in [0.25, 0.3) is 5.91 Å². The zero-order chi connectivity index (χ0) is 40.5. The number of benzene rings is 1. The van der Waals surface area contributed by atoms with Crippen LogP contribution in [0.4, 0.5) is 4.79 Å². The summed E-state index contributed by atoms with van der Waals surface area (Å²) in [5, 5.41) is 3.21. The molecule has 57 heavy (non-hydrogen) atoms. The third-order valence-corrected chi connectivity index (χ3v) is 12.3. The molecule has 316 valence electrons. The molecule has 2 aliphatic carbocycles. The Morgan fingerprint density at radius 2 is 1.51 bits per heavy atom. The predicted octanol–water partition coefficient (Wildman–Crippen LogP) is 5.51. The van der Waals surface area contributed by atoms with Gasteiger partial charge >= 0.3 is 12.1 Å². The van der Waals surface area contributed by atoms with Crippen molar-refractivity contribution < 1.29 is 38.2 Å². The molecule has 13 heteroatoms. The number of likely N-dealkylation sites (tertiary alicyclic amines) is 3. The molecule has 4 amide bonds. The number of piperidine rings is 3. The van der Waals surface area contributed by atoms with Crippen molar-refractivity contribution >= 4 is 29.8 Å². The van der Waals surface area contributed by atoms with Crippen molar-refractivity contribution in [3.8, 4) is 0 Å². The summed E-state index contributed by atoms with van der Waals surface area (Å²) in [6.07, 6.45) is 11.7. The molecule has 2 saturated carbocycles. The second-order valence-corrected chi connectivity index (χ2v) is 17.9. The Morgan fingerprint density at radius 3 is 2.16 bits per heavy atom. The van der Waals surface area contributed by atoms with E-state index in [9.17, 15) is 24.0 Å². The highest BCUT2D eigenvalue weighted by Crippen LogP contribution is 2.32. The molecule has 5 fully saturated rings. The van der Waals surface area contributed by atoms with Crippen LogP contribution in [-0.2, 0) is 28.6 Å². The minimum atomic E-state index is -0.633. The van der Waals surface area contributed by atoms with Gasteiger partial charge in [-0.3, -0.25) is 29.0 Å². The average Bonchev–Trinajstić information content (AvgIpc) is 4.05. The first-order valence-electron chi connectivity index (χ1n) is 21.9. The maximum Gasteiger partial charge on any atom is 0.411 e. The zero-order valence-electron chi connectivity index (χ0n) is 34.9. The smallest absolute Gasteiger partial charge is 0.411 e. The van der Waals surface area contributed by atoms with Gasteiger partial charge in [-0.1, -0.05) is 31.4 Å². The molecule has 3 aliphatic heterocycles. The number of hydrogen-bond donors (Lipinski definition) is 1. The fourth-order valence-corrected chi connectivity index (χ4v) is 9.05. The monoisotopic (exact) mass is 793 g/mol. The van der Waals surface area contributed by atoms with E-state index in [1.807, 2.05) is 61.8 Å². The van der Waals surface area contributed by atoms with Crippen molar-refractivity contribution in [2.75, 3.05) is 59.0 Å². The summed E-state index contributed by atoms with van der Waals surface area (Å²) < 4.78 is 17.2. The van der Waals surface area contributed by atoms with Crippen LogP contribution >= 0.6 is 0 Å². The lowest BCUT2D eigenvalue weighted by Gasteiger charge is -2.39. The summed E-state index contributed by atoms with van der Waals surface area (Å²) in [4.78, 5) is 74.1. The number of carbonyl (C=O) groups excluding carboxylic acids is 5. The van der Waals surface area contributed by atoms with E-state index in [0.717, 1.165) is 102 Å². The summed E-state index contributed by atoms with van der Waals surface area (Å²) in [6, 6.07) is 7.13. The van der Waals surface area contributed by atoms with Crippen LogP contribution in [0.25, 0.3) is 0 Å². The predicted molar refractivity (Wildman–Crippen MR) is 216 cm³/mol. The number of esters is 1. The minimum absolute atomic E-state index is 0.00480. The molecule has 5 aliphatic rings. The number of nitrogens with zero attached hydrogens (tertiary/aromatic N) is 4. The molecule has 3 heterocycles. The summed E-state index contributed by atoms with van der Waals surface area (Å²) in [6.45, 7) is 12.0. The Morgan fingerprint density at radius 1 is 0.825 bits per heavy atom. The second-order valence-electron chi connectivity index (χ2n) is 17.9. The Bertz CT molecular complexity index is 1540. The van der Waals surface area contributed by atoms with Crippen molar-refractivity contribution in [3.63, 3.8) is 0 Å². The fraction of sp³-hybridized carbons (Fsp3) is 0.750. The maximum absolute atomic E-state index is 14.2. The van der Waals surface area contributed by atoms with Crippen LogP contribution in [0, 0.1) is 5.92 Å². The van der Waals surface area contributed by atoms with Crippen LogP contribution in [0.2, 0.25) is 0 Å². The molecule has 1 aromatic rings. The first-order valence-corrected chi connectivity index (χ1v) is 21.9. The van der Waals surface area contributed by atoms with E-state index in [0.29, 0.717) is 44.9 Å². The molecule has 1 unspecified atom stereocenters. The first kappa shape index (κ1) is 42.9. The lowest BCUT2D eigenvalue weighted by Crippen LogP contribution is -2.55.